The van der Waals surface area contributed by atoms with E-state index >= 15 is 0 Å². The molecule has 0 aromatic carbocycles. The Hall–Kier alpha value is -1.14. The minimum Gasteiger partial charge on any atom is -0.396 e. The Morgan fingerprint density at radius 2 is 1.72 bits per heavy atom. The van der Waals surface area contributed by atoms with E-state index in [2.05, 4.69) is 0 Å². The van der Waals surface area contributed by atoms with Crippen LogP contribution in [0.25, 0.3) is 0 Å². The third kappa shape index (κ3) is 4.27. The van der Waals surface area contributed by atoms with Crippen LogP contribution >= 0.6 is 0 Å². The van der Waals surface area contributed by atoms with Crippen molar-refractivity contribution in [3.63, 3.8) is 0 Å². The molecule has 1 unspecified atom stereocenters. The summed E-state index contributed by atoms with van der Waals surface area (Å²) >= 11 is 0. The lowest BCUT2D eigenvalue weighted by Gasteiger charge is -2.30. The van der Waals surface area contributed by atoms with Crippen LogP contribution in [0.5, 0.6) is 0 Å². The molecule has 18 heavy (non-hydrogen) atoms. The first-order valence-electron chi connectivity index (χ1n) is 6.32. The van der Waals surface area contributed by atoms with Crippen LogP contribution in [0.1, 0.15) is 51.9 Å². The average Bonchev–Trinajstić information content (AvgIpc) is 2.36. The van der Waals surface area contributed by atoms with Crippen molar-refractivity contribution in [2.45, 2.75) is 63.9 Å². The molecule has 6 heteroatoms. The highest BCUT2D eigenvalue weighted by atomic mass is 16.8. The van der Waals surface area contributed by atoms with E-state index in [1.54, 1.807) is 0 Å². The van der Waals surface area contributed by atoms with Gasteiger partial charge in [0, 0.05) is 12.8 Å². The van der Waals surface area contributed by atoms with Crippen LogP contribution in [-0.2, 0) is 19.1 Å². The summed E-state index contributed by atoms with van der Waals surface area (Å²) in [4.78, 5) is 22.8. The zero-order valence-corrected chi connectivity index (χ0v) is 10.6. The quantitative estimate of drug-likeness (QED) is 0.728. The molecule has 6 nitrogen and oxygen atoms in total. The van der Waals surface area contributed by atoms with E-state index < -0.39 is 24.0 Å². The highest BCUT2D eigenvalue weighted by Crippen LogP contribution is 2.23. The van der Waals surface area contributed by atoms with Crippen LogP contribution in [0.2, 0.25) is 0 Å². The maximum atomic E-state index is 11.4. The predicted molar refractivity (Wildman–Crippen MR) is 61.1 cm³/mol. The lowest BCUT2D eigenvalue weighted by molar-refractivity contribution is -0.361. The molecule has 0 saturated carbocycles. The van der Waals surface area contributed by atoms with Crippen molar-refractivity contribution in [1.82, 2.24) is 0 Å². The van der Waals surface area contributed by atoms with Crippen LogP contribution in [0.4, 0.5) is 0 Å². The number of carbonyl (C=O) groups excluding carboxylic acids is 2. The largest absolute Gasteiger partial charge is 0.401 e. The molecule has 1 atom stereocenters. The summed E-state index contributed by atoms with van der Waals surface area (Å²) in [5, 5.41) is 19.8. The topological polar surface area (TPSA) is 93.1 Å². The van der Waals surface area contributed by atoms with Crippen molar-refractivity contribution in [2.75, 3.05) is 0 Å². The number of aliphatic hydroxyl groups is 2. The summed E-state index contributed by atoms with van der Waals surface area (Å²) < 4.78 is 9.42. The number of carbonyl (C=O) groups is 2. The summed E-state index contributed by atoms with van der Waals surface area (Å²) in [5.41, 5.74) is 0. The number of esters is 2. The summed E-state index contributed by atoms with van der Waals surface area (Å²) in [7, 11) is 0. The van der Waals surface area contributed by atoms with Gasteiger partial charge < -0.3 is 19.7 Å². The van der Waals surface area contributed by atoms with Crippen LogP contribution in [-0.4, -0.2) is 34.2 Å². The molecule has 1 heterocycles. The number of rotatable bonds is 4. The molecule has 0 amide bonds. The molecule has 1 rings (SSSR count). The number of cyclic esters (lactones) is 2. The third-order valence-corrected chi connectivity index (χ3v) is 2.78. The normalized spacial score (nSPS) is 22.2. The smallest absolute Gasteiger partial charge is 0.396 e. The molecule has 0 aliphatic carbocycles. The van der Waals surface area contributed by atoms with Gasteiger partial charge in [0.05, 0.1) is 0 Å². The highest BCUT2D eigenvalue weighted by Gasteiger charge is 2.44. The fraction of sp³-hybridized carbons (Fsp3) is 0.833. The second kappa shape index (κ2) is 6.70. The maximum absolute atomic E-state index is 11.4. The van der Waals surface area contributed by atoms with Crippen molar-refractivity contribution < 1.29 is 29.3 Å². The molecule has 1 fully saturated rings. The van der Waals surface area contributed by atoms with Crippen LogP contribution < -0.4 is 0 Å². The molecule has 1 aliphatic heterocycles. The van der Waals surface area contributed by atoms with Crippen molar-refractivity contribution >= 4 is 11.9 Å². The fourth-order valence-electron chi connectivity index (χ4n) is 1.70. The Balaban J connectivity index is 2.76. The summed E-state index contributed by atoms with van der Waals surface area (Å²) in [6, 6.07) is 0. The molecular formula is C12H20O6. The number of hydrogen-bond donors (Lipinski definition) is 2. The third-order valence-electron chi connectivity index (χ3n) is 2.78. The summed E-state index contributed by atoms with van der Waals surface area (Å²) in [5.74, 6) is -3.90. The number of ether oxygens (including phenoxy) is 2. The molecule has 104 valence electrons. The van der Waals surface area contributed by atoms with Crippen molar-refractivity contribution in [3.05, 3.63) is 0 Å². The van der Waals surface area contributed by atoms with Gasteiger partial charge in [-0.2, -0.15) is 0 Å². The minimum atomic E-state index is -2.55. The maximum Gasteiger partial charge on any atom is 0.401 e. The SMILES string of the molecule is CCCCC(O)C1(O)OC(=O)CCCCC(=O)O1. The second-order valence-electron chi connectivity index (χ2n) is 4.44. The van der Waals surface area contributed by atoms with Gasteiger partial charge in [0.15, 0.2) is 6.10 Å². The van der Waals surface area contributed by atoms with E-state index in [1.165, 1.54) is 0 Å². The van der Waals surface area contributed by atoms with E-state index in [0.29, 0.717) is 19.3 Å². The van der Waals surface area contributed by atoms with Gasteiger partial charge in [-0.3, -0.25) is 9.59 Å². The molecule has 0 aromatic rings. The van der Waals surface area contributed by atoms with Crippen LogP contribution in [0.15, 0.2) is 0 Å². The van der Waals surface area contributed by atoms with Gasteiger partial charge in [0.1, 0.15) is 0 Å². The Kier molecular flexibility index (Phi) is 5.55. The average molecular weight is 260 g/mol. The molecule has 1 saturated heterocycles. The van der Waals surface area contributed by atoms with Crippen molar-refractivity contribution in [1.29, 1.82) is 0 Å². The first-order valence-corrected chi connectivity index (χ1v) is 6.32. The van der Waals surface area contributed by atoms with Crippen molar-refractivity contribution in [3.8, 4) is 0 Å². The fourth-order valence-corrected chi connectivity index (χ4v) is 1.70. The van der Waals surface area contributed by atoms with E-state index in [4.69, 9.17) is 9.47 Å². The monoisotopic (exact) mass is 260 g/mol. The number of aliphatic hydroxyl groups excluding tert-OH is 1. The lowest BCUT2D eigenvalue weighted by atomic mass is 10.1. The zero-order valence-electron chi connectivity index (χ0n) is 10.6. The summed E-state index contributed by atoms with van der Waals surface area (Å²) in [6.45, 7) is 1.91. The van der Waals surface area contributed by atoms with Gasteiger partial charge in [-0.1, -0.05) is 19.8 Å². The molecule has 2 N–H and O–H groups in total. The standard InChI is InChI=1S/C12H20O6/c1-2-3-6-9(13)12(16)17-10(14)7-4-5-8-11(15)18-12/h9,13,16H,2-8H2,1H3. The van der Waals surface area contributed by atoms with Gasteiger partial charge >= 0.3 is 17.9 Å². The van der Waals surface area contributed by atoms with E-state index in [1.807, 2.05) is 6.92 Å². The van der Waals surface area contributed by atoms with E-state index in [0.717, 1.165) is 6.42 Å². The molecule has 0 aromatic heterocycles. The van der Waals surface area contributed by atoms with Crippen LogP contribution in [0, 0.1) is 0 Å². The number of unbranched alkanes of at least 4 members (excludes halogenated alkanes) is 1. The zero-order chi connectivity index (χ0) is 13.6. The molecule has 0 radical (unpaired) electrons. The van der Waals surface area contributed by atoms with Crippen molar-refractivity contribution in [2.24, 2.45) is 0 Å². The van der Waals surface area contributed by atoms with E-state index in [9.17, 15) is 19.8 Å². The first kappa shape index (κ1) is 14.9. The van der Waals surface area contributed by atoms with Gasteiger partial charge in [0.25, 0.3) is 0 Å². The van der Waals surface area contributed by atoms with Gasteiger partial charge in [-0.05, 0) is 19.3 Å². The summed E-state index contributed by atoms with van der Waals surface area (Å²) in [6.07, 6.45) is 1.37. The highest BCUT2D eigenvalue weighted by molar-refractivity contribution is 5.72. The molecular weight excluding hydrogens is 240 g/mol. The Bertz CT molecular complexity index is 281. The molecule has 1 aliphatic rings. The van der Waals surface area contributed by atoms with Crippen LogP contribution in [0.3, 0.4) is 0 Å². The minimum absolute atomic E-state index is 0.0967. The van der Waals surface area contributed by atoms with Gasteiger partial charge in [-0.15, -0.1) is 0 Å². The first-order chi connectivity index (χ1) is 8.48. The Labute approximate surface area is 106 Å². The lowest BCUT2D eigenvalue weighted by Crippen LogP contribution is -2.49. The second-order valence-corrected chi connectivity index (χ2v) is 4.44. The predicted octanol–water partition coefficient (Wildman–Crippen LogP) is 0.844. The molecule has 0 bridgehead atoms. The molecule has 0 spiro atoms. The van der Waals surface area contributed by atoms with E-state index in [-0.39, 0.29) is 19.3 Å². The van der Waals surface area contributed by atoms with Gasteiger partial charge in [0.2, 0.25) is 0 Å². The van der Waals surface area contributed by atoms with Gasteiger partial charge in [-0.25, -0.2) is 0 Å². The Morgan fingerprint density at radius 3 is 2.17 bits per heavy atom. The Morgan fingerprint density at radius 1 is 1.22 bits per heavy atom. The number of hydrogen-bond acceptors (Lipinski definition) is 6.